The summed E-state index contributed by atoms with van der Waals surface area (Å²) < 4.78 is 40.2. The second kappa shape index (κ2) is 6.93. The standard InChI is InChI=1S/C21H16F3NOS/c22-21(23,24)18-8-4-3-7-17(18)20-25(11-12-27-20)19(26)16-10-9-14-5-1-2-6-15(14)13-16/h1-10,13,20H,11-12H2/t20-/m1/s1. The third-order valence-corrected chi connectivity index (χ3v) is 5.92. The SMILES string of the molecule is O=C(c1ccc2ccccc2c1)N1CCS[C@@H]1c1ccccc1C(F)(F)F. The zero-order valence-corrected chi connectivity index (χ0v) is 15.1. The van der Waals surface area contributed by atoms with Crippen molar-refractivity contribution in [3.8, 4) is 0 Å². The second-order valence-electron chi connectivity index (χ2n) is 6.37. The lowest BCUT2D eigenvalue weighted by Gasteiger charge is -2.26. The Kier molecular flexibility index (Phi) is 4.60. The number of hydrogen-bond donors (Lipinski definition) is 0. The van der Waals surface area contributed by atoms with Gasteiger partial charge in [0.05, 0.1) is 5.56 Å². The van der Waals surface area contributed by atoms with Crippen molar-refractivity contribution in [3.05, 3.63) is 83.4 Å². The van der Waals surface area contributed by atoms with E-state index in [-0.39, 0.29) is 11.5 Å². The zero-order valence-electron chi connectivity index (χ0n) is 14.2. The van der Waals surface area contributed by atoms with Crippen molar-refractivity contribution in [3.63, 3.8) is 0 Å². The van der Waals surface area contributed by atoms with E-state index in [0.29, 0.717) is 17.9 Å². The number of amides is 1. The summed E-state index contributed by atoms with van der Waals surface area (Å²) in [7, 11) is 0. The number of fused-ring (bicyclic) bond motifs is 1. The molecule has 1 heterocycles. The molecule has 0 bridgehead atoms. The highest BCUT2D eigenvalue weighted by Crippen LogP contribution is 2.44. The number of halogens is 3. The number of thioether (sulfide) groups is 1. The highest BCUT2D eigenvalue weighted by atomic mass is 32.2. The van der Waals surface area contributed by atoms with Crippen molar-refractivity contribution in [2.24, 2.45) is 0 Å². The minimum absolute atomic E-state index is 0.140. The Balaban J connectivity index is 1.70. The molecule has 0 saturated carbocycles. The van der Waals surface area contributed by atoms with Crippen LogP contribution in [0.15, 0.2) is 66.7 Å². The fourth-order valence-electron chi connectivity index (χ4n) is 3.39. The highest BCUT2D eigenvalue weighted by Gasteiger charge is 2.39. The molecule has 0 radical (unpaired) electrons. The Morgan fingerprint density at radius 1 is 0.963 bits per heavy atom. The van der Waals surface area contributed by atoms with Crippen LogP contribution in [0.1, 0.15) is 26.9 Å². The summed E-state index contributed by atoms with van der Waals surface area (Å²) in [4.78, 5) is 14.6. The first-order chi connectivity index (χ1) is 12.9. The molecular formula is C21H16F3NOS. The molecule has 138 valence electrons. The molecule has 0 aromatic heterocycles. The van der Waals surface area contributed by atoms with Gasteiger partial charge in [-0.05, 0) is 34.5 Å². The maximum absolute atomic E-state index is 13.4. The number of carbonyl (C=O) groups excluding carboxylic acids is 1. The molecule has 27 heavy (non-hydrogen) atoms. The van der Waals surface area contributed by atoms with Gasteiger partial charge in [-0.25, -0.2) is 0 Å². The predicted octanol–water partition coefficient (Wildman–Crippen LogP) is 5.75. The van der Waals surface area contributed by atoms with E-state index in [9.17, 15) is 18.0 Å². The van der Waals surface area contributed by atoms with Crippen molar-refractivity contribution in [1.29, 1.82) is 0 Å². The van der Waals surface area contributed by atoms with E-state index in [1.165, 1.54) is 23.9 Å². The monoisotopic (exact) mass is 387 g/mol. The van der Waals surface area contributed by atoms with Gasteiger partial charge in [0.2, 0.25) is 0 Å². The average Bonchev–Trinajstić information content (AvgIpc) is 3.16. The lowest BCUT2D eigenvalue weighted by molar-refractivity contribution is -0.138. The van der Waals surface area contributed by atoms with Crippen LogP contribution >= 0.6 is 11.8 Å². The fourth-order valence-corrected chi connectivity index (χ4v) is 4.69. The van der Waals surface area contributed by atoms with Crippen molar-refractivity contribution in [2.45, 2.75) is 11.6 Å². The maximum atomic E-state index is 13.4. The molecule has 1 atom stereocenters. The largest absolute Gasteiger partial charge is 0.416 e. The summed E-state index contributed by atoms with van der Waals surface area (Å²) in [6, 6.07) is 18.6. The first kappa shape index (κ1) is 17.9. The number of benzene rings is 3. The van der Waals surface area contributed by atoms with Gasteiger partial charge in [-0.15, -0.1) is 11.8 Å². The number of carbonyl (C=O) groups is 1. The minimum atomic E-state index is -4.45. The smallest absolute Gasteiger partial charge is 0.322 e. The summed E-state index contributed by atoms with van der Waals surface area (Å²) in [5, 5.41) is 1.31. The van der Waals surface area contributed by atoms with E-state index in [1.54, 1.807) is 23.1 Å². The Labute approximate surface area is 159 Å². The molecule has 4 rings (SSSR count). The Morgan fingerprint density at radius 3 is 2.44 bits per heavy atom. The Hall–Kier alpha value is -2.47. The fraction of sp³-hybridized carbons (Fsp3) is 0.190. The van der Waals surface area contributed by atoms with Crippen LogP contribution in [0.4, 0.5) is 13.2 Å². The topological polar surface area (TPSA) is 20.3 Å². The number of rotatable bonds is 2. The average molecular weight is 387 g/mol. The van der Waals surface area contributed by atoms with Crippen LogP contribution in [0.5, 0.6) is 0 Å². The van der Waals surface area contributed by atoms with Gasteiger partial charge in [0, 0.05) is 17.9 Å². The van der Waals surface area contributed by atoms with Crippen molar-refractivity contribution in [1.82, 2.24) is 4.90 Å². The molecule has 3 aromatic carbocycles. The normalized spacial score (nSPS) is 17.4. The van der Waals surface area contributed by atoms with E-state index < -0.39 is 17.1 Å². The van der Waals surface area contributed by atoms with E-state index in [1.807, 2.05) is 30.3 Å². The molecule has 0 unspecified atom stereocenters. The zero-order chi connectivity index (χ0) is 19.0. The lowest BCUT2D eigenvalue weighted by atomic mass is 10.0. The molecule has 1 aliphatic heterocycles. The van der Waals surface area contributed by atoms with E-state index >= 15 is 0 Å². The molecule has 3 aromatic rings. The Morgan fingerprint density at radius 2 is 1.67 bits per heavy atom. The van der Waals surface area contributed by atoms with Gasteiger partial charge >= 0.3 is 6.18 Å². The first-order valence-corrected chi connectivity index (χ1v) is 9.57. The first-order valence-electron chi connectivity index (χ1n) is 8.52. The van der Waals surface area contributed by atoms with Crippen LogP contribution in [0, 0.1) is 0 Å². The molecule has 0 spiro atoms. The number of nitrogens with zero attached hydrogens (tertiary/aromatic N) is 1. The van der Waals surface area contributed by atoms with Gasteiger partial charge in [-0.3, -0.25) is 4.79 Å². The molecule has 1 amide bonds. The molecule has 0 aliphatic carbocycles. The number of hydrogen-bond acceptors (Lipinski definition) is 2. The van der Waals surface area contributed by atoms with E-state index in [4.69, 9.17) is 0 Å². The van der Waals surface area contributed by atoms with Gasteiger partial charge in [0.1, 0.15) is 5.37 Å². The van der Waals surface area contributed by atoms with E-state index in [2.05, 4.69) is 0 Å². The van der Waals surface area contributed by atoms with Crippen LogP contribution in [0.2, 0.25) is 0 Å². The van der Waals surface area contributed by atoms with Crippen molar-refractivity contribution in [2.75, 3.05) is 12.3 Å². The van der Waals surface area contributed by atoms with Crippen LogP contribution in [0.25, 0.3) is 10.8 Å². The number of alkyl halides is 3. The van der Waals surface area contributed by atoms with Gasteiger partial charge in [-0.2, -0.15) is 13.2 Å². The van der Waals surface area contributed by atoms with Gasteiger partial charge in [-0.1, -0.05) is 48.5 Å². The summed E-state index contributed by atoms with van der Waals surface area (Å²) >= 11 is 1.37. The lowest BCUT2D eigenvalue weighted by Crippen LogP contribution is -2.31. The third-order valence-electron chi connectivity index (χ3n) is 4.68. The molecular weight excluding hydrogens is 371 g/mol. The van der Waals surface area contributed by atoms with Crippen LogP contribution < -0.4 is 0 Å². The van der Waals surface area contributed by atoms with Gasteiger partial charge < -0.3 is 4.90 Å². The molecule has 2 nitrogen and oxygen atoms in total. The molecule has 1 fully saturated rings. The van der Waals surface area contributed by atoms with Gasteiger partial charge in [0.25, 0.3) is 5.91 Å². The summed E-state index contributed by atoms with van der Waals surface area (Å²) in [5.41, 5.74) is -0.0481. The molecule has 1 saturated heterocycles. The summed E-state index contributed by atoms with van der Waals surface area (Å²) in [6.45, 7) is 0.424. The van der Waals surface area contributed by atoms with E-state index in [0.717, 1.165) is 16.8 Å². The molecule has 1 aliphatic rings. The highest BCUT2D eigenvalue weighted by molar-refractivity contribution is 7.99. The maximum Gasteiger partial charge on any atom is 0.416 e. The van der Waals surface area contributed by atoms with Crippen molar-refractivity contribution >= 4 is 28.4 Å². The van der Waals surface area contributed by atoms with Crippen LogP contribution in [-0.4, -0.2) is 23.1 Å². The molecule has 6 heteroatoms. The third kappa shape index (κ3) is 3.41. The predicted molar refractivity (Wildman–Crippen MR) is 102 cm³/mol. The Bertz CT molecular complexity index is 1000. The quantitative estimate of drug-likeness (QED) is 0.558. The van der Waals surface area contributed by atoms with Crippen LogP contribution in [-0.2, 0) is 6.18 Å². The second-order valence-corrected chi connectivity index (χ2v) is 7.56. The van der Waals surface area contributed by atoms with Gasteiger partial charge in [0.15, 0.2) is 0 Å². The minimum Gasteiger partial charge on any atom is -0.322 e. The summed E-state index contributed by atoms with van der Waals surface area (Å²) in [6.07, 6.45) is -4.45. The van der Waals surface area contributed by atoms with Crippen LogP contribution in [0.3, 0.4) is 0 Å². The van der Waals surface area contributed by atoms with Crippen molar-refractivity contribution < 1.29 is 18.0 Å². The molecule has 0 N–H and O–H groups in total. The summed E-state index contributed by atoms with van der Waals surface area (Å²) in [5.74, 6) is 0.364.